The number of hydrogen-bond donors (Lipinski definition) is 3. The molecule has 1 fully saturated rings. The molecule has 7 nitrogen and oxygen atoms in total. The Hall–Kier alpha value is -1.28. The largest absolute Gasteiger partial charge is 0.394 e. The van der Waals surface area contributed by atoms with E-state index in [1.807, 2.05) is 0 Å². The Morgan fingerprint density at radius 1 is 1.59 bits per heavy atom. The maximum Gasteiger partial charge on any atom is 0.182 e. The molecule has 0 spiro atoms. The fourth-order valence-corrected chi connectivity index (χ4v) is 2.54. The van der Waals surface area contributed by atoms with Crippen molar-refractivity contribution in [3.05, 3.63) is 0 Å². The molecule has 8 heteroatoms. The van der Waals surface area contributed by atoms with Crippen molar-refractivity contribution in [2.75, 3.05) is 23.9 Å². The van der Waals surface area contributed by atoms with Crippen molar-refractivity contribution < 1.29 is 13.5 Å². The minimum absolute atomic E-state index is 0.0258. The number of aliphatic hydroxyl groups is 1. The summed E-state index contributed by atoms with van der Waals surface area (Å²) in [6.45, 7) is 0.0403. The zero-order chi connectivity index (χ0) is 12.6. The number of nitrogens with one attached hydrogen (secondary N) is 1. The van der Waals surface area contributed by atoms with Gasteiger partial charge in [0.2, 0.25) is 0 Å². The standard InChI is InChI=1S/C9H16N4O3S/c1-17(15,16)7-8(10)13(4-5-14)12-9(7)11-6-2-3-6/h6,14H,2-5,10H2,1H3,(H,11,12). The maximum atomic E-state index is 11.7. The highest BCUT2D eigenvalue weighted by molar-refractivity contribution is 7.91. The highest BCUT2D eigenvalue weighted by Crippen LogP contribution is 2.31. The quantitative estimate of drug-likeness (QED) is 0.654. The van der Waals surface area contributed by atoms with Crippen LogP contribution >= 0.6 is 0 Å². The molecule has 0 saturated heterocycles. The van der Waals surface area contributed by atoms with Gasteiger partial charge in [0.05, 0.1) is 13.2 Å². The summed E-state index contributed by atoms with van der Waals surface area (Å²) in [4.78, 5) is 0.0258. The van der Waals surface area contributed by atoms with E-state index in [9.17, 15) is 8.42 Å². The number of rotatable bonds is 5. The highest BCUT2D eigenvalue weighted by atomic mass is 32.2. The zero-order valence-corrected chi connectivity index (χ0v) is 10.4. The van der Waals surface area contributed by atoms with Gasteiger partial charge in [-0.2, -0.15) is 5.10 Å². The third-order valence-corrected chi connectivity index (χ3v) is 3.69. The van der Waals surface area contributed by atoms with Gasteiger partial charge in [0, 0.05) is 12.3 Å². The van der Waals surface area contributed by atoms with E-state index >= 15 is 0 Å². The molecule has 0 atom stereocenters. The summed E-state index contributed by atoms with van der Waals surface area (Å²) in [5.74, 6) is 0.366. The van der Waals surface area contributed by atoms with E-state index in [1.165, 1.54) is 4.68 Å². The van der Waals surface area contributed by atoms with Crippen LogP contribution in [0.15, 0.2) is 4.90 Å². The second-order valence-electron chi connectivity index (χ2n) is 4.20. The number of hydrogen-bond acceptors (Lipinski definition) is 6. The predicted octanol–water partition coefficient (Wildman–Crippen LogP) is -0.565. The normalized spacial score (nSPS) is 16.1. The summed E-state index contributed by atoms with van der Waals surface area (Å²) in [6.07, 6.45) is 3.12. The monoisotopic (exact) mass is 260 g/mol. The van der Waals surface area contributed by atoms with Crippen LogP contribution in [-0.4, -0.2) is 42.2 Å². The zero-order valence-electron chi connectivity index (χ0n) is 9.55. The highest BCUT2D eigenvalue weighted by Gasteiger charge is 2.29. The number of sulfone groups is 1. The van der Waals surface area contributed by atoms with E-state index in [0.717, 1.165) is 19.1 Å². The van der Waals surface area contributed by atoms with Crippen molar-refractivity contribution in [2.24, 2.45) is 0 Å². The molecule has 1 aromatic heterocycles. The van der Waals surface area contributed by atoms with Crippen LogP contribution in [0.5, 0.6) is 0 Å². The van der Waals surface area contributed by atoms with Crippen LogP contribution in [0.4, 0.5) is 11.6 Å². The molecule has 0 unspecified atom stereocenters. The minimum atomic E-state index is -3.43. The number of nitrogens with zero attached hydrogens (tertiary/aromatic N) is 2. The Morgan fingerprint density at radius 3 is 2.71 bits per heavy atom. The van der Waals surface area contributed by atoms with Crippen molar-refractivity contribution in [1.29, 1.82) is 0 Å². The Morgan fingerprint density at radius 2 is 2.24 bits per heavy atom. The Balaban J connectivity index is 2.43. The van der Waals surface area contributed by atoms with E-state index in [4.69, 9.17) is 10.8 Å². The number of nitrogen functional groups attached to an aromatic ring is 1. The topological polar surface area (TPSA) is 110 Å². The maximum absolute atomic E-state index is 11.7. The van der Waals surface area contributed by atoms with Crippen LogP contribution in [-0.2, 0) is 16.4 Å². The second-order valence-corrected chi connectivity index (χ2v) is 6.15. The average Bonchev–Trinajstić information content (AvgIpc) is 2.93. The van der Waals surface area contributed by atoms with Crippen LogP contribution in [0.2, 0.25) is 0 Å². The summed E-state index contributed by atoms with van der Waals surface area (Å²) in [5, 5.41) is 16.0. The Bertz CT molecular complexity index is 519. The van der Waals surface area contributed by atoms with Gasteiger partial charge in [0.1, 0.15) is 5.82 Å². The Kier molecular flexibility index (Phi) is 3.00. The molecule has 17 heavy (non-hydrogen) atoms. The van der Waals surface area contributed by atoms with E-state index < -0.39 is 9.84 Å². The van der Waals surface area contributed by atoms with Crippen LogP contribution in [0.25, 0.3) is 0 Å². The SMILES string of the molecule is CS(=O)(=O)c1c(NC2CC2)nn(CCO)c1N. The molecular weight excluding hydrogens is 244 g/mol. The van der Waals surface area contributed by atoms with Crippen molar-refractivity contribution in [3.63, 3.8) is 0 Å². The summed E-state index contributed by atoms with van der Waals surface area (Å²) in [7, 11) is -3.43. The lowest BCUT2D eigenvalue weighted by atomic mass is 10.5. The van der Waals surface area contributed by atoms with Crippen molar-refractivity contribution in [3.8, 4) is 0 Å². The molecule has 1 saturated carbocycles. The third-order valence-electron chi connectivity index (χ3n) is 2.55. The van der Waals surface area contributed by atoms with E-state index in [1.54, 1.807) is 0 Å². The van der Waals surface area contributed by atoms with Gasteiger partial charge >= 0.3 is 0 Å². The first-order valence-electron chi connectivity index (χ1n) is 5.37. The predicted molar refractivity (Wildman–Crippen MR) is 63.5 cm³/mol. The van der Waals surface area contributed by atoms with E-state index in [0.29, 0.717) is 5.82 Å². The lowest BCUT2D eigenvalue weighted by Gasteiger charge is -2.02. The van der Waals surface area contributed by atoms with E-state index in [2.05, 4.69) is 10.4 Å². The lowest BCUT2D eigenvalue weighted by Crippen LogP contribution is -2.09. The van der Waals surface area contributed by atoms with E-state index in [-0.39, 0.29) is 29.9 Å². The first kappa shape index (κ1) is 12.2. The van der Waals surface area contributed by atoms with Crippen LogP contribution in [0.3, 0.4) is 0 Å². The van der Waals surface area contributed by atoms with Gasteiger partial charge in [0.15, 0.2) is 20.6 Å². The molecule has 1 aromatic rings. The number of aromatic nitrogens is 2. The van der Waals surface area contributed by atoms with Crippen LogP contribution in [0.1, 0.15) is 12.8 Å². The van der Waals surface area contributed by atoms with Crippen molar-refractivity contribution in [2.45, 2.75) is 30.3 Å². The van der Waals surface area contributed by atoms with Crippen LogP contribution in [0, 0.1) is 0 Å². The van der Waals surface area contributed by atoms with Gasteiger partial charge in [-0.05, 0) is 12.8 Å². The number of nitrogens with two attached hydrogens (primary N) is 1. The molecule has 2 rings (SSSR count). The molecule has 4 N–H and O–H groups in total. The molecule has 0 aliphatic heterocycles. The number of anilines is 2. The summed E-state index contributed by atoms with van der Waals surface area (Å²) < 4.78 is 24.6. The smallest absolute Gasteiger partial charge is 0.182 e. The van der Waals surface area contributed by atoms with Crippen LogP contribution < -0.4 is 11.1 Å². The molecule has 0 amide bonds. The van der Waals surface area contributed by atoms with Gasteiger partial charge in [-0.1, -0.05) is 0 Å². The molecular formula is C9H16N4O3S. The molecule has 0 radical (unpaired) electrons. The molecule has 1 aliphatic rings. The molecule has 1 aliphatic carbocycles. The summed E-state index contributed by atoms with van der Waals surface area (Å²) >= 11 is 0. The molecule has 0 bridgehead atoms. The van der Waals surface area contributed by atoms with Gasteiger partial charge in [-0.3, -0.25) is 0 Å². The first-order chi connectivity index (χ1) is 7.93. The van der Waals surface area contributed by atoms with Gasteiger partial charge in [0.25, 0.3) is 0 Å². The number of aliphatic hydroxyl groups excluding tert-OH is 1. The summed E-state index contributed by atoms with van der Waals surface area (Å²) in [6, 6.07) is 0.285. The Labute approximate surface area is 99.5 Å². The minimum Gasteiger partial charge on any atom is -0.394 e. The van der Waals surface area contributed by atoms with Gasteiger partial charge in [-0.15, -0.1) is 0 Å². The lowest BCUT2D eigenvalue weighted by molar-refractivity contribution is 0.270. The second kappa shape index (κ2) is 4.19. The van der Waals surface area contributed by atoms with Gasteiger partial charge < -0.3 is 16.2 Å². The summed E-state index contributed by atoms with van der Waals surface area (Å²) in [5.41, 5.74) is 5.74. The molecule has 0 aromatic carbocycles. The van der Waals surface area contributed by atoms with Gasteiger partial charge in [-0.25, -0.2) is 13.1 Å². The first-order valence-corrected chi connectivity index (χ1v) is 7.26. The van der Waals surface area contributed by atoms with Crippen molar-refractivity contribution >= 4 is 21.5 Å². The average molecular weight is 260 g/mol. The van der Waals surface area contributed by atoms with Crippen molar-refractivity contribution in [1.82, 2.24) is 9.78 Å². The molecule has 1 heterocycles. The fraction of sp³-hybridized carbons (Fsp3) is 0.667. The fourth-order valence-electron chi connectivity index (χ4n) is 1.60. The third kappa shape index (κ3) is 2.52. The molecule has 96 valence electrons.